The van der Waals surface area contributed by atoms with Crippen molar-refractivity contribution in [2.75, 3.05) is 11.1 Å². The molecule has 0 bridgehead atoms. The molecule has 0 atom stereocenters. The van der Waals surface area contributed by atoms with Crippen LogP contribution in [0.5, 0.6) is 0 Å². The number of nitrogens with two attached hydrogens (primary N) is 1. The predicted octanol–water partition coefficient (Wildman–Crippen LogP) is 2.53. The Morgan fingerprint density at radius 1 is 1.26 bits per heavy atom. The molecule has 3 rings (SSSR count). The second kappa shape index (κ2) is 4.66. The number of aromatic nitrogens is 2. The van der Waals surface area contributed by atoms with Gasteiger partial charge in [-0.2, -0.15) is 0 Å². The fourth-order valence-corrected chi connectivity index (χ4v) is 2.65. The molecule has 0 saturated heterocycles. The van der Waals surface area contributed by atoms with Crippen LogP contribution < -0.4 is 11.1 Å². The van der Waals surface area contributed by atoms with Crippen LogP contribution in [-0.2, 0) is 0 Å². The second-order valence-corrected chi connectivity index (χ2v) is 5.04. The third-order valence-corrected chi connectivity index (χ3v) is 3.68. The summed E-state index contributed by atoms with van der Waals surface area (Å²) >= 11 is 1.42. The highest BCUT2D eigenvalue weighted by Crippen LogP contribution is 2.27. The van der Waals surface area contributed by atoms with Gasteiger partial charge in [0.05, 0.1) is 11.1 Å². The average Bonchev–Trinajstić information content (AvgIpc) is 2.83. The number of amides is 1. The number of rotatable bonds is 2. The Balaban J connectivity index is 1.89. The summed E-state index contributed by atoms with van der Waals surface area (Å²) in [5.74, 6) is 0.241. The van der Waals surface area contributed by atoms with Crippen molar-refractivity contribution in [1.29, 1.82) is 0 Å². The van der Waals surface area contributed by atoms with E-state index < -0.39 is 0 Å². The van der Waals surface area contributed by atoms with Crippen LogP contribution in [0.15, 0.2) is 42.9 Å². The molecular formula is C13H10N4OS. The van der Waals surface area contributed by atoms with Crippen molar-refractivity contribution in [2.45, 2.75) is 0 Å². The van der Waals surface area contributed by atoms with Crippen LogP contribution in [0, 0.1) is 0 Å². The molecule has 0 aliphatic heterocycles. The lowest BCUT2D eigenvalue weighted by Crippen LogP contribution is -2.11. The van der Waals surface area contributed by atoms with E-state index in [0.29, 0.717) is 16.4 Å². The van der Waals surface area contributed by atoms with E-state index in [1.165, 1.54) is 23.7 Å². The molecule has 2 heterocycles. The van der Waals surface area contributed by atoms with Gasteiger partial charge in [0, 0.05) is 22.8 Å². The lowest BCUT2D eigenvalue weighted by Gasteiger charge is -2.00. The standard InChI is InChI=1S/C13H10N4OS/c14-9-1-2-10-8(5-9)6-11(19-10)13(18)17-12-7-15-3-4-16-12/h1-7H,14H2,(H,16,17,18). The van der Waals surface area contributed by atoms with E-state index in [2.05, 4.69) is 15.3 Å². The summed E-state index contributed by atoms with van der Waals surface area (Å²) in [6.45, 7) is 0. The average molecular weight is 270 g/mol. The first-order chi connectivity index (χ1) is 9.22. The fraction of sp³-hybridized carbons (Fsp3) is 0. The molecule has 0 aliphatic rings. The molecule has 0 saturated carbocycles. The van der Waals surface area contributed by atoms with E-state index in [0.717, 1.165) is 10.1 Å². The van der Waals surface area contributed by atoms with Crippen molar-refractivity contribution in [2.24, 2.45) is 0 Å². The quantitative estimate of drug-likeness (QED) is 0.701. The zero-order chi connectivity index (χ0) is 13.2. The number of thiophene rings is 1. The van der Waals surface area contributed by atoms with Gasteiger partial charge in [-0.3, -0.25) is 9.78 Å². The van der Waals surface area contributed by atoms with E-state index in [-0.39, 0.29) is 5.91 Å². The van der Waals surface area contributed by atoms with Gasteiger partial charge in [-0.15, -0.1) is 11.3 Å². The molecule has 0 spiro atoms. The minimum absolute atomic E-state index is 0.194. The minimum Gasteiger partial charge on any atom is -0.399 e. The summed E-state index contributed by atoms with van der Waals surface area (Å²) < 4.78 is 1.03. The first-order valence-corrected chi connectivity index (χ1v) is 6.40. The van der Waals surface area contributed by atoms with Crippen molar-refractivity contribution in [3.8, 4) is 0 Å². The van der Waals surface area contributed by atoms with Gasteiger partial charge in [-0.05, 0) is 29.7 Å². The number of benzene rings is 1. The smallest absolute Gasteiger partial charge is 0.266 e. The zero-order valence-corrected chi connectivity index (χ0v) is 10.6. The maximum Gasteiger partial charge on any atom is 0.266 e. The maximum absolute atomic E-state index is 12.1. The molecule has 6 heteroatoms. The number of carbonyl (C=O) groups is 1. The van der Waals surface area contributed by atoms with Crippen LogP contribution in [0.4, 0.5) is 11.5 Å². The van der Waals surface area contributed by atoms with Gasteiger partial charge in [-0.1, -0.05) is 0 Å². The molecule has 0 aliphatic carbocycles. The number of anilines is 2. The summed E-state index contributed by atoms with van der Waals surface area (Å²) in [6.07, 6.45) is 4.59. The molecule has 1 aromatic carbocycles. The Bertz CT molecular complexity index is 739. The second-order valence-electron chi connectivity index (χ2n) is 3.95. The molecule has 3 aromatic rings. The molecule has 5 nitrogen and oxygen atoms in total. The van der Waals surface area contributed by atoms with Crippen LogP contribution in [0.25, 0.3) is 10.1 Å². The minimum atomic E-state index is -0.194. The van der Waals surface area contributed by atoms with Crippen LogP contribution >= 0.6 is 11.3 Å². The maximum atomic E-state index is 12.1. The third-order valence-electron chi connectivity index (χ3n) is 2.57. The molecule has 19 heavy (non-hydrogen) atoms. The van der Waals surface area contributed by atoms with Crippen LogP contribution in [-0.4, -0.2) is 15.9 Å². The number of hydrogen-bond donors (Lipinski definition) is 2. The lowest BCUT2D eigenvalue weighted by atomic mass is 10.2. The summed E-state index contributed by atoms with van der Waals surface area (Å²) in [5.41, 5.74) is 6.40. The SMILES string of the molecule is Nc1ccc2sc(C(=O)Nc3cnccn3)cc2c1. The van der Waals surface area contributed by atoms with Gasteiger partial charge in [0.25, 0.3) is 5.91 Å². The lowest BCUT2D eigenvalue weighted by molar-refractivity contribution is 0.103. The van der Waals surface area contributed by atoms with E-state index in [9.17, 15) is 4.79 Å². The monoisotopic (exact) mass is 270 g/mol. The number of nitrogens with one attached hydrogen (secondary N) is 1. The summed E-state index contributed by atoms with van der Waals surface area (Å²) in [6, 6.07) is 7.41. The van der Waals surface area contributed by atoms with Gasteiger partial charge in [0.1, 0.15) is 0 Å². The molecule has 3 N–H and O–H groups in total. The molecule has 1 amide bonds. The van der Waals surface area contributed by atoms with Gasteiger partial charge >= 0.3 is 0 Å². The van der Waals surface area contributed by atoms with Crippen LogP contribution in [0.2, 0.25) is 0 Å². The first kappa shape index (κ1) is 11.6. The van der Waals surface area contributed by atoms with Crippen molar-refractivity contribution in [3.63, 3.8) is 0 Å². The zero-order valence-electron chi connectivity index (χ0n) is 9.83. The number of carbonyl (C=O) groups excluding carboxylic acids is 1. The Hall–Kier alpha value is -2.47. The van der Waals surface area contributed by atoms with Crippen molar-refractivity contribution < 1.29 is 4.79 Å². The molecular weight excluding hydrogens is 260 g/mol. The van der Waals surface area contributed by atoms with E-state index in [1.807, 2.05) is 24.3 Å². The van der Waals surface area contributed by atoms with E-state index >= 15 is 0 Å². The molecule has 94 valence electrons. The number of fused-ring (bicyclic) bond motifs is 1. The molecule has 0 unspecified atom stereocenters. The molecule has 2 aromatic heterocycles. The van der Waals surface area contributed by atoms with Gasteiger partial charge in [0.2, 0.25) is 0 Å². The third kappa shape index (κ3) is 2.38. The van der Waals surface area contributed by atoms with Gasteiger partial charge in [0.15, 0.2) is 5.82 Å². The highest BCUT2D eigenvalue weighted by molar-refractivity contribution is 7.20. The summed E-state index contributed by atoms with van der Waals surface area (Å²) in [4.78, 5) is 20.6. The number of nitrogens with zero attached hydrogens (tertiary/aromatic N) is 2. The van der Waals surface area contributed by atoms with Crippen molar-refractivity contribution in [1.82, 2.24) is 9.97 Å². The largest absolute Gasteiger partial charge is 0.399 e. The fourth-order valence-electron chi connectivity index (χ4n) is 1.72. The number of nitrogen functional groups attached to an aromatic ring is 1. The first-order valence-electron chi connectivity index (χ1n) is 5.59. The normalized spacial score (nSPS) is 10.5. The van der Waals surface area contributed by atoms with Crippen molar-refractivity contribution >= 4 is 38.8 Å². The Kier molecular flexibility index (Phi) is 2.85. The van der Waals surface area contributed by atoms with E-state index in [4.69, 9.17) is 5.73 Å². The molecule has 0 fully saturated rings. The highest BCUT2D eigenvalue weighted by Gasteiger charge is 2.11. The predicted molar refractivity (Wildman–Crippen MR) is 76.2 cm³/mol. The van der Waals surface area contributed by atoms with Crippen LogP contribution in [0.3, 0.4) is 0 Å². The van der Waals surface area contributed by atoms with Gasteiger partial charge in [-0.25, -0.2) is 4.98 Å². The molecule has 0 radical (unpaired) electrons. The van der Waals surface area contributed by atoms with Gasteiger partial charge < -0.3 is 11.1 Å². The van der Waals surface area contributed by atoms with Crippen LogP contribution in [0.1, 0.15) is 9.67 Å². The summed E-state index contributed by atoms with van der Waals surface area (Å²) in [5, 5.41) is 3.67. The number of hydrogen-bond acceptors (Lipinski definition) is 5. The Morgan fingerprint density at radius 3 is 2.95 bits per heavy atom. The van der Waals surface area contributed by atoms with Crippen molar-refractivity contribution in [3.05, 3.63) is 47.7 Å². The summed E-state index contributed by atoms with van der Waals surface area (Å²) in [7, 11) is 0. The highest BCUT2D eigenvalue weighted by atomic mass is 32.1. The Labute approximate surface area is 113 Å². The topological polar surface area (TPSA) is 80.9 Å². The Morgan fingerprint density at radius 2 is 2.16 bits per heavy atom. The van der Waals surface area contributed by atoms with E-state index in [1.54, 1.807) is 6.20 Å².